The number of ketones is 1. The number of halogens is 1. The average Bonchev–Trinajstić information content (AvgIpc) is 3.33. The fourth-order valence-electron chi connectivity index (χ4n) is 4.49. The van der Waals surface area contributed by atoms with Crippen LogP contribution in [0.4, 0.5) is 16.0 Å². The van der Waals surface area contributed by atoms with Gasteiger partial charge in [0.05, 0.1) is 38.5 Å². The average molecular weight is 492 g/mol. The fourth-order valence-corrected chi connectivity index (χ4v) is 4.49. The molecule has 4 heterocycles. The summed E-state index contributed by atoms with van der Waals surface area (Å²) in [4.78, 5) is 27.2. The van der Waals surface area contributed by atoms with Crippen LogP contribution in [0.25, 0.3) is 16.7 Å². The molecule has 1 aliphatic heterocycles. The van der Waals surface area contributed by atoms with Gasteiger partial charge in [0.25, 0.3) is 0 Å². The number of carbonyl (C=O) groups excluding carboxylic acids is 1. The van der Waals surface area contributed by atoms with E-state index in [0.717, 1.165) is 35.0 Å². The molecule has 6 rings (SSSR count). The lowest BCUT2D eigenvalue weighted by atomic mass is 10.1. The van der Waals surface area contributed by atoms with E-state index in [2.05, 4.69) is 20.4 Å². The van der Waals surface area contributed by atoms with Crippen molar-refractivity contribution in [2.45, 2.75) is 32.0 Å². The van der Waals surface area contributed by atoms with Crippen molar-refractivity contribution < 1.29 is 19.1 Å². The van der Waals surface area contributed by atoms with E-state index in [1.165, 1.54) is 0 Å². The molecule has 1 atom stereocenters. The summed E-state index contributed by atoms with van der Waals surface area (Å²) in [7, 11) is 0. The second-order valence-electron chi connectivity index (χ2n) is 9.22. The molecule has 1 aliphatic carbocycles. The summed E-state index contributed by atoms with van der Waals surface area (Å²) in [5, 5.41) is 19.7. The number of hydroxylamine groups is 2. The van der Waals surface area contributed by atoms with Crippen LogP contribution >= 0.6 is 0 Å². The van der Waals surface area contributed by atoms with Crippen LogP contribution < -0.4 is 5.32 Å². The van der Waals surface area contributed by atoms with E-state index in [-0.39, 0.29) is 18.2 Å². The van der Waals surface area contributed by atoms with Crippen LogP contribution in [-0.2, 0) is 17.9 Å². The predicted molar refractivity (Wildman–Crippen MR) is 130 cm³/mol. The standard InChI is InChI=1S/C25H26FN7O3/c26-6-8-31-14-21(24(35)17-1-2-17)20-9-18(3-4-22(20)31)29-25-27-7-5-23(30-25)33-12-16(10-28-33)11-32-13-19(34)15-36-32/h3-5,7,9-10,12,14,17,19,34H,1-2,6,8,11,13,15H2,(H,27,29,30)/t19-/m0/s1. The van der Waals surface area contributed by atoms with Gasteiger partial charge in [-0.15, -0.1) is 0 Å². The zero-order valence-corrected chi connectivity index (χ0v) is 19.5. The van der Waals surface area contributed by atoms with Gasteiger partial charge in [-0.2, -0.15) is 15.1 Å². The highest BCUT2D eigenvalue weighted by Crippen LogP contribution is 2.36. The number of nitrogens with one attached hydrogen (secondary N) is 1. The normalized spacial score (nSPS) is 18.2. The number of Topliss-reactive ketones (excluding diaryl/α,β-unsaturated/α-hetero) is 1. The van der Waals surface area contributed by atoms with E-state index in [1.54, 1.807) is 39.0 Å². The molecule has 0 amide bonds. The molecule has 0 spiro atoms. The van der Waals surface area contributed by atoms with E-state index < -0.39 is 12.8 Å². The maximum Gasteiger partial charge on any atom is 0.229 e. The van der Waals surface area contributed by atoms with Gasteiger partial charge >= 0.3 is 0 Å². The minimum atomic E-state index is -0.496. The molecule has 2 fully saturated rings. The van der Waals surface area contributed by atoms with Gasteiger partial charge in [-0.05, 0) is 31.0 Å². The summed E-state index contributed by atoms with van der Waals surface area (Å²) in [6.45, 7) is 0.990. The Morgan fingerprint density at radius 1 is 1.25 bits per heavy atom. The molecule has 2 aliphatic rings. The lowest BCUT2D eigenvalue weighted by Crippen LogP contribution is -2.20. The van der Waals surface area contributed by atoms with Gasteiger partial charge in [0.1, 0.15) is 6.67 Å². The number of nitrogens with zero attached hydrogens (tertiary/aromatic N) is 6. The van der Waals surface area contributed by atoms with Crippen molar-refractivity contribution in [1.29, 1.82) is 0 Å². The number of β-amino-alcohol motifs (C(OH)–C–C–N with tert-alkyl or cyclic N) is 1. The number of fused-ring (bicyclic) bond motifs is 1. The number of hydrogen-bond donors (Lipinski definition) is 2. The van der Waals surface area contributed by atoms with Crippen molar-refractivity contribution in [1.82, 2.24) is 29.4 Å². The minimum Gasteiger partial charge on any atom is -0.389 e. The zero-order chi connectivity index (χ0) is 24.6. The Balaban J connectivity index is 1.23. The minimum absolute atomic E-state index is 0.0760. The molecule has 0 radical (unpaired) electrons. The first-order valence-corrected chi connectivity index (χ1v) is 12.0. The first-order chi connectivity index (χ1) is 17.6. The third-order valence-electron chi connectivity index (χ3n) is 6.41. The zero-order valence-electron chi connectivity index (χ0n) is 19.5. The Hall–Kier alpha value is -3.67. The second-order valence-corrected chi connectivity index (χ2v) is 9.22. The molecule has 2 N–H and O–H groups in total. The number of aliphatic hydroxyl groups is 1. The summed E-state index contributed by atoms with van der Waals surface area (Å²) in [5.41, 5.74) is 3.12. The summed E-state index contributed by atoms with van der Waals surface area (Å²) in [5.74, 6) is 1.16. The quantitative estimate of drug-likeness (QED) is 0.344. The number of hydrogen-bond acceptors (Lipinski definition) is 8. The second kappa shape index (κ2) is 9.41. The smallest absolute Gasteiger partial charge is 0.229 e. The van der Waals surface area contributed by atoms with Crippen LogP contribution in [0, 0.1) is 5.92 Å². The Bertz CT molecular complexity index is 1410. The van der Waals surface area contributed by atoms with Crippen molar-refractivity contribution in [3.05, 3.63) is 60.2 Å². The number of carbonyl (C=O) groups is 1. The molecule has 1 saturated carbocycles. The van der Waals surface area contributed by atoms with Gasteiger partial charge in [0, 0.05) is 58.3 Å². The van der Waals surface area contributed by atoms with E-state index in [1.807, 2.05) is 24.4 Å². The van der Waals surface area contributed by atoms with Crippen LogP contribution in [0.15, 0.2) is 49.1 Å². The van der Waals surface area contributed by atoms with Gasteiger partial charge in [0.2, 0.25) is 5.95 Å². The summed E-state index contributed by atoms with van der Waals surface area (Å²) in [6.07, 6.45) is 8.36. The van der Waals surface area contributed by atoms with Gasteiger partial charge in [0.15, 0.2) is 11.6 Å². The van der Waals surface area contributed by atoms with Crippen molar-refractivity contribution in [2.24, 2.45) is 5.92 Å². The molecular formula is C25H26FN7O3. The van der Waals surface area contributed by atoms with E-state index in [4.69, 9.17) is 4.84 Å². The highest BCUT2D eigenvalue weighted by atomic mass is 19.1. The van der Waals surface area contributed by atoms with Crippen LogP contribution in [-0.4, -0.2) is 66.2 Å². The van der Waals surface area contributed by atoms with Crippen molar-refractivity contribution >= 4 is 28.3 Å². The topological polar surface area (TPSA) is 110 Å². The molecule has 10 nitrogen and oxygen atoms in total. The van der Waals surface area contributed by atoms with Gasteiger partial charge in [-0.25, -0.2) is 14.1 Å². The molecule has 36 heavy (non-hydrogen) atoms. The highest BCUT2D eigenvalue weighted by molar-refractivity contribution is 6.10. The molecule has 0 bridgehead atoms. The van der Waals surface area contributed by atoms with Crippen LogP contribution in [0.1, 0.15) is 28.8 Å². The third-order valence-corrected chi connectivity index (χ3v) is 6.41. The summed E-state index contributed by atoms with van der Waals surface area (Å²) >= 11 is 0. The van der Waals surface area contributed by atoms with Gasteiger partial charge in [-0.3, -0.25) is 9.63 Å². The lowest BCUT2D eigenvalue weighted by molar-refractivity contribution is -0.117. The Morgan fingerprint density at radius 3 is 2.92 bits per heavy atom. The number of rotatable bonds is 9. The van der Waals surface area contributed by atoms with Gasteiger partial charge in [-0.1, -0.05) is 0 Å². The molecule has 186 valence electrons. The largest absolute Gasteiger partial charge is 0.389 e. The lowest BCUT2D eigenvalue weighted by Gasteiger charge is -2.11. The van der Waals surface area contributed by atoms with Crippen LogP contribution in [0.3, 0.4) is 0 Å². The number of anilines is 2. The first kappa shape index (κ1) is 22.8. The molecule has 3 aromatic heterocycles. The number of aryl methyl sites for hydroxylation is 1. The predicted octanol–water partition coefficient (Wildman–Crippen LogP) is 3.03. The maximum atomic E-state index is 13.1. The van der Waals surface area contributed by atoms with Gasteiger partial charge < -0.3 is 15.0 Å². The van der Waals surface area contributed by atoms with E-state index >= 15 is 0 Å². The fraction of sp³-hybridized carbons (Fsp3) is 0.360. The van der Waals surface area contributed by atoms with E-state index in [0.29, 0.717) is 37.0 Å². The van der Waals surface area contributed by atoms with E-state index in [9.17, 15) is 14.3 Å². The Kier molecular flexibility index (Phi) is 5.96. The Labute approximate surface area is 206 Å². The molecular weight excluding hydrogens is 465 g/mol. The maximum absolute atomic E-state index is 13.1. The highest BCUT2D eigenvalue weighted by Gasteiger charge is 2.32. The first-order valence-electron chi connectivity index (χ1n) is 12.0. The van der Waals surface area contributed by atoms with Crippen LogP contribution in [0.5, 0.6) is 0 Å². The molecule has 0 unspecified atom stereocenters. The SMILES string of the molecule is O=C(c1cn(CCF)c2ccc(Nc3nccc(-n4cc(CN5C[C@H](O)CO5)cn4)n3)cc12)C1CC1. The number of aliphatic hydroxyl groups excluding tert-OH is 1. The Morgan fingerprint density at radius 2 is 2.14 bits per heavy atom. The molecule has 1 saturated heterocycles. The third kappa shape index (κ3) is 4.60. The number of benzene rings is 1. The number of alkyl halides is 1. The van der Waals surface area contributed by atoms with Crippen molar-refractivity contribution in [3.63, 3.8) is 0 Å². The monoisotopic (exact) mass is 491 g/mol. The number of aromatic nitrogens is 5. The summed E-state index contributed by atoms with van der Waals surface area (Å²) < 4.78 is 16.5. The van der Waals surface area contributed by atoms with Crippen molar-refractivity contribution in [3.8, 4) is 5.82 Å². The summed E-state index contributed by atoms with van der Waals surface area (Å²) in [6, 6.07) is 7.41. The van der Waals surface area contributed by atoms with Crippen molar-refractivity contribution in [2.75, 3.05) is 25.1 Å². The molecule has 4 aromatic rings. The molecule has 1 aromatic carbocycles. The molecule has 11 heteroatoms. The van der Waals surface area contributed by atoms with Crippen LogP contribution in [0.2, 0.25) is 0 Å².